The van der Waals surface area contributed by atoms with Crippen molar-refractivity contribution in [2.45, 2.75) is 25.0 Å². The van der Waals surface area contributed by atoms with Crippen molar-refractivity contribution in [3.05, 3.63) is 30.3 Å². The van der Waals surface area contributed by atoms with Gasteiger partial charge in [-0.3, -0.25) is 0 Å². The van der Waals surface area contributed by atoms with Crippen LogP contribution in [0.5, 0.6) is 5.75 Å². The van der Waals surface area contributed by atoms with Gasteiger partial charge in [-0.05, 0) is 19.1 Å². The number of hydrogen-bond acceptors (Lipinski definition) is 4. The summed E-state index contributed by atoms with van der Waals surface area (Å²) in [7, 11) is -2.90. The molecule has 2 rings (SSSR count). The minimum atomic E-state index is -2.90. The van der Waals surface area contributed by atoms with Crippen molar-refractivity contribution in [3.63, 3.8) is 0 Å². The lowest BCUT2D eigenvalue weighted by Gasteiger charge is -2.22. The molecule has 6 heteroatoms. The maximum Gasteiger partial charge on any atom is 0.156 e. The Kier molecular flexibility index (Phi) is 4.67. The van der Waals surface area contributed by atoms with Gasteiger partial charge in [-0.2, -0.15) is 0 Å². The van der Waals surface area contributed by atoms with Crippen LogP contribution in [0.3, 0.4) is 0 Å². The van der Waals surface area contributed by atoms with Gasteiger partial charge >= 0.3 is 0 Å². The van der Waals surface area contributed by atoms with Gasteiger partial charge in [0, 0.05) is 6.42 Å². The minimum Gasteiger partial charge on any atom is -0.491 e. The highest BCUT2D eigenvalue weighted by atomic mass is 32.2. The number of hydrogen-bond donors (Lipinski definition) is 2. The van der Waals surface area contributed by atoms with Crippen molar-refractivity contribution in [3.8, 4) is 5.75 Å². The fourth-order valence-corrected chi connectivity index (χ4v) is 4.58. The third-order valence-corrected chi connectivity index (χ3v) is 5.53. The van der Waals surface area contributed by atoms with Crippen LogP contribution < -0.4 is 10.1 Å². The number of aliphatic hydroxyl groups is 1. The first-order chi connectivity index (χ1) is 9.39. The average Bonchev–Trinajstić information content (AvgIpc) is 2.70. The number of quaternary nitrogens is 1. The molecule has 1 heterocycles. The summed E-state index contributed by atoms with van der Waals surface area (Å²) in [6.07, 6.45) is 0.0250. The van der Waals surface area contributed by atoms with E-state index in [0.29, 0.717) is 13.0 Å². The highest BCUT2D eigenvalue weighted by Crippen LogP contribution is 2.18. The summed E-state index contributed by atoms with van der Waals surface area (Å²) in [4.78, 5) is 0. The summed E-state index contributed by atoms with van der Waals surface area (Å²) in [5.41, 5.74) is -0.313. The highest BCUT2D eigenvalue weighted by molar-refractivity contribution is 7.91. The van der Waals surface area contributed by atoms with Crippen molar-refractivity contribution in [1.82, 2.24) is 0 Å². The molecule has 3 N–H and O–H groups in total. The Hall–Kier alpha value is -1.11. The van der Waals surface area contributed by atoms with Crippen LogP contribution in [0.4, 0.5) is 0 Å². The van der Waals surface area contributed by atoms with E-state index in [1.807, 2.05) is 42.6 Å². The Morgan fingerprint density at radius 2 is 2.10 bits per heavy atom. The van der Waals surface area contributed by atoms with E-state index in [2.05, 4.69) is 0 Å². The van der Waals surface area contributed by atoms with Gasteiger partial charge in [0.2, 0.25) is 0 Å². The van der Waals surface area contributed by atoms with E-state index in [9.17, 15) is 13.5 Å². The zero-order valence-electron chi connectivity index (χ0n) is 11.7. The van der Waals surface area contributed by atoms with Gasteiger partial charge in [-0.15, -0.1) is 0 Å². The Morgan fingerprint density at radius 1 is 1.40 bits per heavy atom. The Balaban J connectivity index is 1.74. The van der Waals surface area contributed by atoms with Crippen molar-refractivity contribution in [2.24, 2.45) is 0 Å². The number of aliphatic hydroxyl groups excluding tert-OH is 1. The summed E-state index contributed by atoms with van der Waals surface area (Å²) in [6.45, 7) is 2.59. The molecule has 1 fully saturated rings. The first-order valence-electron chi connectivity index (χ1n) is 6.79. The average molecular weight is 300 g/mol. The summed E-state index contributed by atoms with van der Waals surface area (Å²) in [6, 6.07) is 9.32. The van der Waals surface area contributed by atoms with Crippen molar-refractivity contribution in [2.75, 3.05) is 24.7 Å². The third-order valence-electron chi connectivity index (χ3n) is 3.60. The predicted molar refractivity (Wildman–Crippen MR) is 76.4 cm³/mol. The quantitative estimate of drug-likeness (QED) is 0.747. The van der Waals surface area contributed by atoms with Gasteiger partial charge in [-0.1, -0.05) is 18.2 Å². The van der Waals surface area contributed by atoms with Crippen LogP contribution in [-0.2, 0) is 9.84 Å². The summed E-state index contributed by atoms with van der Waals surface area (Å²) < 4.78 is 28.5. The van der Waals surface area contributed by atoms with Crippen molar-refractivity contribution < 1.29 is 23.6 Å². The Labute approximate surface area is 119 Å². The molecule has 0 amide bonds. The fraction of sp³-hybridized carbons (Fsp3) is 0.571. The van der Waals surface area contributed by atoms with Crippen LogP contribution in [0.1, 0.15) is 13.3 Å². The number of benzene rings is 1. The Morgan fingerprint density at radius 3 is 2.70 bits per heavy atom. The van der Waals surface area contributed by atoms with E-state index in [0.717, 1.165) is 5.75 Å². The van der Waals surface area contributed by atoms with Crippen LogP contribution in [0.25, 0.3) is 0 Å². The lowest BCUT2D eigenvalue weighted by Crippen LogP contribution is -2.98. The molecule has 5 nitrogen and oxygen atoms in total. The molecule has 1 aromatic carbocycles. The van der Waals surface area contributed by atoms with Crippen LogP contribution in [0.15, 0.2) is 30.3 Å². The largest absolute Gasteiger partial charge is 0.491 e. The van der Waals surface area contributed by atoms with Crippen molar-refractivity contribution in [1.29, 1.82) is 0 Å². The van der Waals surface area contributed by atoms with Crippen LogP contribution >= 0.6 is 0 Å². The van der Waals surface area contributed by atoms with Crippen molar-refractivity contribution >= 4 is 9.84 Å². The fourth-order valence-electron chi connectivity index (χ4n) is 2.39. The molecule has 2 atom stereocenters. The number of ether oxygens (including phenoxy) is 1. The van der Waals surface area contributed by atoms with Gasteiger partial charge in [0.1, 0.15) is 36.3 Å². The van der Waals surface area contributed by atoms with Gasteiger partial charge < -0.3 is 15.2 Å². The lowest BCUT2D eigenvalue weighted by molar-refractivity contribution is -0.723. The number of sulfone groups is 1. The zero-order valence-corrected chi connectivity index (χ0v) is 12.5. The number of nitrogens with two attached hydrogens (primary N) is 1. The SMILES string of the molecule is C[C@]1([NH2+]C[C@H](O)COc2ccccc2)CCS(=O)(=O)C1. The van der Waals surface area contributed by atoms with Gasteiger partial charge in [-0.25, -0.2) is 8.42 Å². The van der Waals surface area contributed by atoms with E-state index >= 15 is 0 Å². The molecule has 0 aliphatic carbocycles. The van der Waals surface area contributed by atoms with E-state index in [1.54, 1.807) is 0 Å². The molecule has 0 spiro atoms. The maximum absolute atomic E-state index is 11.5. The molecule has 0 aromatic heterocycles. The molecule has 112 valence electrons. The number of rotatable bonds is 6. The highest BCUT2D eigenvalue weighted by Gasteiger charge is 2.41. The second-order valence-corrected chi connectivity index (χ2v) is 7.90. The van der Waals surface area contributed by atoms with Crippen LogP contribution in [0.2, 0.25) is 0 Å². The molecule has 0 saturated carbocycles. The summed E-state index contributed by atoms with van der Waals surface area (Å²) in [5.74, 6) is 1.16. The summed E-state index contributed by atoms with van der Waals surface area (Å²) in [5, 5.41) is 11.8. The minimum absolute atomic E-state index is 0.187. The van der Waals surface area contributed by atoms with E-state index < -0.39 is 15.9 Å². The van der Waals surface area contributed by atoms with Gasteiger partial charge in [0.25, 0.3) is 0 Å². The molecule has 0 bridgehead atoms. The standard InChI is InChI=1S/C14H21NO4S/c1-14(7-8-20(17,18)11-14)15-9-12(16)10-19-13-5-3-2-4-6-13/h2-6,12,15-16H,7-11H2,1H3/p+1/t12-,14-/m0/s1. The predicted octanol–water partition coefficient (Wildman–Crippen LogP) is -0.433. The first-order valence-corrected chi connectivity index (χ1v) is 8.61. The smallest absolute Gasteiger partial charge is 0.156 e. The van der Waals surface area contributed by atoms with Gasteiger partial charge in [0.05, 0.1) is 5.75 Å². The maximum atomic E-state index is 11.5. The van der Waals surface area contributed by atoms with E-state index in [4.69, 9.17) is 4.74 Å². The zero-order chi connectivity index (χ0) is 14.6. The van der Waals surface area contributed by atoms with Gasteiger partial charge in [0.15, 0.2) is 9.84 Å². The lowest BCUT2D eigenvalue weighted by atomic mass is 10.0. The topological polar surface area (TPSA) is 80.2 Å². The molecule has 0 radical (unpaired) electrons. The van der Waals surface area contributed by atoms with E-state index in [-0.39, 0.29) is 23.7 Å². The normalized spacial score (nSPS) is 26.3. The third kappa shape index (κ3) is 4.47. The Bertz CT molecular complexity index is 531. The summed E-state index contributed by atoms with van der Waals surface area (Å²) >= 11 is 0. The molecule has 1 saturated heterocycles. The molecular weight excluding hydrogens is 278 g/mol. The molecule has 0 unspecified atom stereocenters. The molecular formula is C14H22NO4S+. The van der Waals surface area contributed by atoms with E-state index in [1.165, 1.54) is 0 Å². The molecule has 1 aromatic rings. The second kappa shape index (κ2) is 6.11. The number of para-hydroxylation sites is 1. The second-order valence-electron chi connectivity index (χ2n) is 5.71. The van der Waals surface area contributed by atoms with Crippen LogP contribution in [-0.4, -0.2) is 49.8 Å². The molecule has 20 heavy (non-hydrogen) atoms. The van der Waals surface area contributed by atoms with Crippen LogP contribution in [0, 0.1) is 0 Å². The molecule has 1 aliphatic heterocycles. The molecule has 1 aliphatic rings. The monoisotopic (exact) mass is 300 g/mol. The first kappa shape index (κ1) is 15.3.